The smallest absolute Gasteiger partial charge is 0.107 e. The van der Waals surface area contributed by atoms with Crippen molar-refractivity contribution in [2.75, 3.05) is 6.61 Å². The fourth-order valence-corrected chi connectivity index (χ4v) is 0.972. The largest absolute Gasteiger partial charge is 0.394 e. The fraction of sp³-hybridized carbons (Fsp3) is 0.333. The van der Waals surface area contributed by atoms with Crippen LogP contribution < -0.4 is 0 Å². The molecule has 3 N–H and O–H groups in total. The molecule has 66 valence electrons. The Morgan fingerprint density at radius 1 is 1.08 bits per heavy atom. The van der Waals surface area contributed by atoms with E-state index in [0.29, 0.717) is 5.56 Å². The van der Waals surface area contributed by atoms with Crippen LogP contribution in [0.25, 0.3) is 0 Å². The Balaban J connectivity index is 2.71. The van der Waals surface area contributed by atoms with Crippen molar-refractivity contribution in [1.29, 1.82) is 0 Å². The summed E-state index contributed by atoms with van der Waals surface area (Å²) in [6, 6.07) is 8.75. The third-order valence-corrected chi connectivity index (χ3v) is 1.69. The van der Waals surface area contributed by atoms with Crippen LogP contribution in [-0.4, -0.2) is 28.0 Å². The molecule has 0 bridgehead atoms. The predicted octanol–water partition coefficient (Wildman–Crippen LogP) is 0.0732. The van der Waals surface area contributed by atoms with Gasteiger partial charge < -0.3 is 15.3 Å². The molecule has 0 fully saturated rings. The topological polar surface area (TPSA) is 60.7 Å². The Hall–Kier alpha value is -0.900. The van der Waals surface area contributed by atoms with Crippen molar-refractivity contribution in [2.24, 2.45) is 0 Å². The lowest BCUT2D eigenvalue weighted by molar-refractivity contribution is -0.0152. The van der Waals surface area contributed by atoms with E-state index in [2.05, 4.69) is 0 Å². The minimum absolute atomic E-state index is 0.434. The Labute approximate surface area is 70.9 Å². The average Bonchev–Trinajstić information content (AvgIpc) is 2.17. The maximum absolute atomic E-state index is 9.38. The molecule has 3 nitrogen and oxygen atoms in total. The van der Waals surface area contributed by atoms with Gasteiger partial charge in [-0.3, -0.25) is 0 Å². The lowest BCUT2D eigenvalue weighted by Crippen LogP contribution is -2.21. The molecule has 0 radical (unpaired) electrons. The minimum Gasteiger partial charge on any atom is -0.394 e. The highest BCUT2D eigenvalue weighted by atomic mass is 16.4. The van der Waals surface area contributed by atoms with Crippen molar-refractivity contribution in [3.63, 3.8) is 0 Å². The minimum atomic E-state index is -1.10. The van der Waals surface area contributed by atoms with Gasteiger partial charge in [0.15, 0.2) is 0 Å². The van der Waals surface area contributed by atoms with Gasteiger partial charge in [-0.1, -0.05) is 30.3 Å². The van der Waals surface area contributed by atoms with Gasteiger partial charge in [0.25, 0.3) is 0 Å². The standard InChI is InChI=1S/C9H12O3/c10-6-8(11)9(12)7-4-2-1-3-5-7/h1-5,8-12H,6H2. The highest BCUT2D eigenvalue weighted by Crippen LogP contribution is 2.15. The summed E-state index contributed by atoms with van der Waals surface area (Å²) in [6.07, 6.45) is -2.11. The van der Waals surface area contributed by atoms with E-state index in [4.69, 9.17) is 10.2 Å². The fourth-order valence-electron chi connectivity index (χ4n) is 0.972. The molecule has 3 heteroatoms. The highest BCUT2D eigenvalue weighted by molar-refractivity contribution is 5.18. The van der Waals surface area contributed by atoms with Gasteiger partial charge >= 0.3 is 0 Å². The second kappa shape index (κ2) is 4.21. The first-order chi connectivity index (χ1) is 5.75. The second-order valence-corrected chi connectivity index (χ2v) is 2.61. The number of hydrogen-bond acceptors (Lipinski definition) is 3. The van der Waals surface area contributed by atoms with Crippen molar-refractivity contribution >= 4 is 0 Å². The first kappa shape index (κ1) is 9.19. The van der Waals surface area contributed by atoms with Gasteiger partial charge in [-0.05, 0) is 5.56 Å². The molecule has 0 heterocycles. The van der Waals surface area contributed by atoms with E-state index in [1.807, 2.05) is 6.07 Å². The van der Waals surface area contributed by atoms with E-state index in [0.717, 1.165) is 0 Å². The molecule has 0 aromatic heterocycles. The van der Waals surface area contributed by atoms with E-state index < -0.39 is 18.8 Å². The molecule has 0 saturated heterocycles. The molecule has 0 spiro atoms. The van der Waals surface area contributed by atoms with Crippen LogP contribution in [0.1, 0.15) is 11.7 Å². The summed E-state index contributed by atoms with van der Waals surface area (Å²) >= 11 is 0. The van der Waals surface area contributed by atoms with Crippen LogP contribution in [-0.2, 0) is 0 Å². The molecule has 12 heavy (non-hydrogen) atoms. The van der Waals surface area contributed by atoms with Crippen LogP contribution in [0.2, 0.25) is 0 Å². The number of hydrogen-bond donors (Lipinski definition) is 3. The third-order valence-electron chi connectivity index (χ3n) is 1.69. The second-order valence-electron chi connectivity index (χ2n) is 2.61. The van der Waals surface area contributed by atoms with E-state index in [1.165, 1.54) is 0 Å². The number of aliphatic hydroxyl groups is 3. The van der Waals surface area contributed by atoms with Crippen LogP contribution in [0.4, 0.5) is 0 Å². The Morgan fingerprint density at radius 2 is 1.67 bits per heavy atom. The third kappa shape index (κ3) is 2.04. The summed E-state index contributed by atoms with van der Waals surface area (Å²) in [4.78, 5) is 0. The van der Waals surface area contributed by atoms with Crippen molar-refractivity contribution < 1.29 is 15.3 Å². The molecule has 1 rings (SSSR count). The van der Waals surface area contributed by atoms with Crippen molar-refractivity contribution in [3.8, 4) is 0 Å². The van der Waals surface area contributed by atoms with E-state index in [9.17, 15) is 5.11 Å². The molecule has 1 aromatic rings. The lowest BCUT2D eigenvalue weighted by Gasteiger charge is -2.15. The molecule has 2 unspecified atom stereocenters. The number of benzene rings is 1. The Bertz CT molecular complexity index is 222. The molecule has 0 saturated carbocycles. The van der Waals surface area contributed by atoms with Crippen molar-refractivity contribution in [2.45, 2.75) is 12.2 Å². The van der Waals surface area contributed by atoms with E-state index >= 15 is 0 Å². The quantitative estimate of drug-likeness (QED) is 0.598. The number of rotatable bonds is 3. The first-order valence-electron chi connectivity index (χ1n) is 3.77. The van der Waals surface area contributed by atoms with Crippen molar-refractivity contribution in [3.05, 3.63) is 35.9 Å². The lowest BCUT2D eigenvalue weighted by atomic mass is 10.1. The zero-order valence-corrected chi connectivity index (χ0v) is 6.59. The zero-order valence-electron chi connectivity index (χ0n) is 6.59. The van der Waals surface area contributed by atoms with Crippen LogP contribution >= 0.6 is 0 Å². The number of aliphatic hydroxyl groups excluding tert-OH is 3. The normalized spacial score (nSPS) is 15.6. The Morgan fingerprint density at radius 3 is 2.17 bits per heavy atom. The summed E-state index contributed by atoms with van der Waals surface area (Å²) < 4.78 is 0. The summed E-state index contributed by atoms with van der Waals surface area (Å²) in [7, 11) is 0. The molecule has 0 aliphatic heterocycles. The Kier molecular flexibility index (Phi) is 3.22. The SMILES string of the molecule is OCC(O)C(O)c1ccccc1. The van der Waals surface area contributed by atoms with Crippen molar-refractivity contribution in [1.82, 2.24) is 0 Å². The molecule has 2 atom stereocenters. The highest BCUT2D eigenvalue weighted by Gasteiger charge is 2.16. The van der Waals surface area contributed by atoms with Crippen LogP contribution in [0, 0.1) is 0 Å². The molecule has 1 aromatic carbocycles. The molecular weight excluding hydrogens is 156 g/mol. The summed E-state index contributed by atoms with van der Waals surface area (Å²) in [5.74, 6) is 0. The van der Waals surface area contributed by atoms with Gasteiger partial charge in [0.2, 0.25) is 0 Å². The predicted molar refractivity (Wildman–Crippen MR) is 44.5 cm³/mol. The average molecular weight is 168 g/mol. The van der Waals surface area contributed by atoms with Crippen LogP contribution in [0.3, 0.4) is 0 Å². The molecular formula is C9H12O3. The maximum atomic E-state index is 9.38. The van der Waals surface area contributed by atoms with Gasteiger partial charge in [-0.2, -0.15) is 0 Å². The van der Waals surface area contributed by atoms with E-state index in [1.54, 1.807) is 24.3 Å². The van der Waals surface area contributed by atoms with Crippen LogP contribution in [0.15, 0.2) is 30.3 Å². The summed E-state index contributed by atoms with van der Waals surface area (Å²) in [5.41, 5.74) is 0.610. The zero-order chi connectivity index (χ0) is 8.97. The van der Waals surface area contributed by atoms with Gasteiger partial charge in [0.05, 0.1) is 6.61 Å². The van der Waals surface area contributed by atoms with Gasteiger partial charge in [0.1, 0.15) is 12.2 Å². The van der Waals surface area contributed by atoms with E-state index in [-0.39, 0.29) is 0 Å². The molecule has 0 aliphatic carbocycles. The molecule has 0 amide bonds. The monoisotopic (exact) mass is 168 g/mol. The summed E-state index contributed by atoms with van der Waals surface area (Å²) in [5, 5.41) is 27.0. The first-order valence-corrected chi connectivity index (χ1v) is 3.77. The molecule has 0 aliphatic rings. The maximum Gasteiger partial charge on any atom is 0.107 e. The van der Waals surface area contributed by atoms with Gasteiger partial charge in [-0.15, -0.1) is 0 Å². The van der Waals surface area contributed by atoms with Gasteiger partial charge in [0, 0.05) is 0 Å². The van der Waals surface area contributed by atoms with Crippen LogP contribution in [0.5, 0.6) is 0 Å². The van der Waals surface area contributed by atoms with Gasteiger partial charge in [-0.25, -0.2) is 0 Å². The summed E-state index contributed by atoms with van der Waals surface area (Å²) in [6.45, 7) is -0.434.